The lowest BCUT2D eigenvalue weighted by Gasteiger charge is -2.20. The van der Waals surface area contributed by atoms with Gasteiger partial charge in [-0.05, 0) is 34.1 Å². The van der Waals surface area contributed by atoms with Gasteiger partial charge in [0.1, 0.15) is 11.9 Å². The van der Waals surface area contributed by atoms with Gasteiger partial charge < -0.3 is 31.5 Å². The molecule has 1 heterocycles. The van der Waals surface area contributed by atoms with Crippen LogP contribution >= 0.6 is 31.9 Å². The molecule has 38 heavy (non-hydrogen) atoms. The number of rotatable bonds is 9. The topological polar surface area (TPSA) is 195 Å². The van der Waals surface area contributed by atoms with Gasteiger partial charge in [0.05, 0.1) is 41.5 Å². The normalized spacial score (nSPS) is 15.4. The number of non-ortho nitro benzene ring substituents is 1. The van der Waals surface area contributed by atoms with Crippen molar-refractivity contribution in [3.8, 4) is 5.75 Å². The third kappa shape index (κ3) is 7.85. The fourth-order valence-corrected chi connectivity index (χ4v) is 4.69. The van der Waals surface area contributed by atoms with Gasteiger partial charge in [-0.2, -0.15) is 0 Å². The number of aliphatic carboxylic acids is 1. The van der Waals surface area contributed by atoms with Crippen LogP contribution in [-0.2, 0) is 9.59 Å². The lowest BCUT2D eigenvalue weighted by atomic mass is 10.0. The zero-order valence-corrected chi connectivity index (χ0v) is 22.5. The highest BCUT2D eigenvalue weighted by Crippen LogP contribution is 2.36. The predicted molar refractivity (Wildman–Crippen MR) is 141 cm³/mol. The number of alkyl halides is 1. The number of anilines is 1. The van der Waals surface area contributed by atoms with Crippen molar-refractivity contribution >= 4 is 67.0 Å². The van der Waals surface area contributed by atoms with Crippen molar-refractivity contribution in [3.63, 3.8) is 0 Å². The van der Waals surface area contributed by atoms with Crippen LogP contribution < -0.4 is 21.3 Å². The van der Waals surface area contributed by atoms with E-state index in [2.05, 4.69) is 58.1 Å². The van der Waals surface area contributed by atoms with Gasteiger partial charge in [-0.25, -0.2) is 9.38 Å². The van der Waals surface area contributed by atoms with E-state index in [9.17, 15) is 39.1 Å². The minimum absolute atomic E-state index is 0.000743. The van der Waals surface area contributed by atoms with Crippen LogP contribution in [0.3, 0.4) is 0 Å². The number of nitro benzene ring substituents is 1. The van der Waals surface area contributed by atoms with Crippen LogP contribution in [0.2, 0.25) is 0 Å². The summed E-state index contributed by atoms with van der Waals surface area (Å²) in [5.74, 6) is -2.93. The fourth-order valence-electron chi connectivity index (χ4n) is 3.43. The molecule has 2 atom stereocenters. The van der Waals surface area contributed by atoms with E-state index in [1.165, 1.54) is 18.2 Å². The zero-order valence-electron chi connectivity index (χ0n) is 19.3. The SMILES string of the molecule is O=C(O)C[C@H](NC(=O)CNC(=O)c1cc(NC2=NCC(F)CN2)cc([N+](=O)[O-])c1)c1cc(Br)cc(Br)c1O. The number of halogens is 3. The summed E-state index contributed by atoms with van der Waals surface area (Å²) in [6.45, 7) is -0.687. The molecule has 2 aromatic rings. The number of carbonyl (C=O) groups is 3. The number of phenolic OH excluding ortho intramolecular Hbond substituents is 1. The van der Waals surface area contributed by atoms with Crippen LogP contribution in [0, 0.1) is 10.1 Å². The number of aromatic hydroxyl groups is 1. The maximum absolute atomic E-state index is 13.3. The third-order valence-corrected chi connectivity index (χ3v) is 6.21. The Morgan fingerprint density at radius 1 is 1.24 bits per heavy atom. The van der Waals surface area contributed by atoms with Crippen molar-refractivity contribution in [2.24, 2.45) is 4.99 Å². The van der Waals surface area contributed by atoms with Gasteiger partial charge in [0.25, 0.3) is 11.6 Å². The van der Waals surface area contributed by atoms with Gasteiger partial charge in [0.15, 0.2) is 5.96 Å². The number of carboxylic acids is 1. The molecule has 1 aliphatic heterocycles. The number of guanidine groups is 1. The third-order valence-electron chi connectivity index (χ3n) is 5.15. The first-order valence-corrected chi connectivity index (χ1v) is 12.5. The Morgan fingerprint density at radius 3 is 2.61 bits per heavy atom. The van der Waals surface area contributed by atoms with E-state index < -0.39 is 53.6 Å². The largest absolute Gasteiger partial charge is 0.506 e. The molecular weight excluding hydrogens is 639 g/mol. The second kappa shape index (κ2) is 12.6. The fraction of sp³-hybridized carbons (Fsp3) is 0.273. The van der Waals surface area contributed by atoms with Crippen LogP contribution in [0.5, 0.6) is 5.75 Å². The molecule has 0 spiro atoms. The summed E-state index contributed by atoms with van der Waals surface area (Å²) in [7, 11) is 0. The summed E-state index contributed by atoms with van der Waals surface area (Å²) in [5.41, 5.74) is -0.304. The van der Waals surface area contributed by atoms with Gasteiger partial charge in [-0.15, -0.1) is 0 Å². The average molecular weight is 660 g/mol. The smallest absolute Gasteiger partial charge is 0.305 e. The summed E-state index contributed by atoms with van der Waals surface area (Å²) >= 11 is 6.39. The average Bonchev–Trinajstić information content (AvgIpc) is 2.85. The molecular formula is C22H21Br2FN6O7. The Labute approximate surface area is 231 Å². The quantitative estimate of drug-likeness (QED) is 0.173. The van der Waals surface area contributed by atoms with Crippen molar-refractivity contribution in [1.82, 2.24) is 16.0 Å². The Bertz CT molecular complexity index is 1310. The van der Waals surface area contributed by atoms with Gasteiger partial charge in [0.2, 0.25) is 5.91 Å². The number of aliphatic imine (C=N–C) groups is 1. The molecule has 0 fully saturated rings. The number of carboxylic acid groups (broad SMARTS) is 1. The molecule has 2 aromatic carbocycles. The molecule has 1 unspecified atom stereocenters. The molecule has 1 aliphatic rings. The van der Waals surface area contributed by atoms with Gasteiger partial charge in [-0.3, -0.25) is 24.5 Å². The highest BCUT2D eigenvalue weighted by molar-refractivity contribution is 9.11. The molecule has 3 rings (SSSR count). The van der Waals surface area contributed by atoms with Crippen molar-refractivity contribution < 1.29 is 33.9 Å². The summed E-state index contributed by atoms with van der Waals surface area (Å²) in [4.78, 5) is 51.2. The number of hydrogen-bond donors (Lipinski definition) is 6. The lowest BCUT2D eigenvalue weighted by molar-refractivity contribution is -0.384. The first-order valence-electron chi connectivity index (χ1n) is 10.9. The number of phenols is 1. The molecule has 0 radical (unpaired) electrons. The molecule has 202 valence electrons. The molecule has 0 aliphatic carbocycles. The summed E-state index contributed by atoms with van der Waals surface area (Å²) in [6.07, 6.45) is -1.72. The first-order chi connectivity index (χ1) is 17.9. The number of benzene rings is 2. The van der Waals surface area contributed by atoms with E-state index >= 15 is 0 Å². The zero-order chi connectivity index (χ0) is 28.0. The summed E-state index contributed by atoms with van der Waals surface area (Å²) in [6, 6.07) is 5.31. The number of nitrogens with one attached hydrogen (secondary N) is 4. The summed E-state index contributed by atoms with van der Waals surface area (Å²) in [5, 5.41) is 41.2. The molecule has 0 bridgehead atoms. The number of nitro groups is 1. The summed E-state index contributed by atoms with van der Waals surface area (Å²) < 4.78 is 14.1. The van der Waals surface area contributed by atoms with Crippen molar-refractivity contribution in [2.75, 3.05) is 25.0 Å². The van der Waals surface area contributed by atoms with E-state index in [-0.39, 0.29) is 46.1 Å². The number of hydrogen-bond acceptors (Lipinski definition) is 9. The van der Waals surface area contributed by atoms with E-state index in [1.807, 2.05) is 0 Å². The standard InChI is InChI=1S/C22H21Br2FN6O7/c23-11-3-15(20(35)16(24)4-11)17(6-19(33)34)30-18(32)9-26-21(36)10-1-13(5-14(2-10)31(37)38)29-22-27-7-12(25)8-28-22/h1-5,12,17,35H,6-9H2,(H,26,36)(H,30,32)(H,33,34)(H2,27,28,29)/t17-/m0/s1. The van der Waals surface area contributed by atoms with Crippen LogP contribution in [0.25, 0.3) is 0 Å². The number of amides is 2. The Balaban J connectivity index is 1.72. The minimum Gasteiger partial charge on any atom is -0.506 e. The van der Waals surface area contributed by atoms with Crippen LogP contribution in [0.1, 0.15) is 28.4 Å². The van der Waals surface area contributed by atoms with Crippen molar-refractivity contribution in [1.29, 1.82) is 0 Å². The van der Waals surface area contributed by atoms with E-state index in [4.69, 9.17) is 0 Å². The van der Waals surface area contributed by atoms with Crippen LogP contribution in [-0.4, -0.2) is 64.7 Å². The molecule has 16 heteroatoms. The minimum atomic E-state index is -1.24. The van der Waals surface area contributed by atoms with Crippen LogP contribution in [0.15, 0.2) is 44.3 Å². The maximum atomic E-state index is 13.3. The first kappa shape index (κ1) is 28.8. The van der Waals surface area contributed by atoms with E-state index in [0.717, 1.165) is 12.1 Å². The Morgan fingerprint density at radius 2 is 1.97 bits per heavy atom. The number of nitrogens with zero attached hydrogens (tertiary/aromatic N) is 2. The molecule has 0 aromatic heterocycles. The molecule has 2 amide bonds. The molecule has 13 nitrogen and oxygen atoms in total. The van der Waals surface area contributed by atoms with E-state index in [0.29, 0.717) is 4.47 Å². The van der Waals surface area contributed by atoms with Crippen LogP contribution in [0.4, 0.5) is 15.8 Å². The van der Waals surface area contributed by atoms with Crippen molar-refractivity contribution in [3.05, 3.63) is 60.5 Å². The van der Waals surface area contributed by atoms with Gasteiger partial charge >= 0.3 is 5.97 Å². The second-order valence-electron chi connectivity index (χ2n) is 8.04. The van der Waals surface area contributed by atoms with Gasteiger partial charge in [0, 0.05) is 33.4 Å². The van der Waals surface area contributed by atoms with Crippen molar-refractivity contribution in [2.45, 2.75) is 18.6 Å². The predicted octanol–water partition coefficient (Wildman–Crippen LogP) is 2.60. The molecule has 6 N–H and O–H groups in total. The second-order valence-corrected chi connectivity index (χ2v) is 9.81. The lowest BCUT2D eigenvalue weighted by Crippen LogP contribution is -2.41. The van der Waals surface area contributed by atoms with E-state index in [1.54, 1.807) is 0 Å². The Kier molecular flexibility index (Phi) is 9.57. The molecule has 0 saturated carbocycles. The Hall–Kier alpha value is -3.79. The maximum Gasteiger partial charge on any atom is 0.305 e. The number of carbonyl (C=O) groups excluding carboxylic acids is 2. The highest BCUT2D eigenvalue weighted by Gasteiger charge is 2.24. The monoisotopic (exact) mass is 658 g/mol. The van der Waals surface area contributed by atoms with Gasteiger partial charge in [-0.1, -0.05) is 15.9 Å². The molecule has 0 saturated heterocycles. The highest BCUT2D eigenvalue weighted by atomic mass is 79.9.